The number of nitrogens with zero attached hydrogens (tertiary/aromatic N) is 1. The van der Waals surface area contributed by atoms with Gasteiger partial charge in [-0.1, -0.05) is 0 Å². The number of ether oxygens (including phenoxy) is 4. The van der Waals surface area contributed by atoms with Gasteiger partial charge in [0, 0.05) is 17.7 Å². The number of carbonyl (C=O) groups is 2. The quantitative estimate of drug-likeness (QED) is 0.412. The average Bonchev–Trinajstić information content (AvgIpc) is 2.70. The van der Waals surface area contributed by atoms with Crippen LogP contribution in [0.4, 0.5) is 5.69 Å². The average molecular weight is 375 g/mol. The SMILES string of the molecule is COC(=O)c1cc(C(=O)OCc2cc(OC)ccc2OC)cc([N+](=O)[O-])c1. The molecule has 0 aliphatic heterocycles. The molecule has 0 saturated carbocycles. The van der Waals surface area contributed by atoms with Crippen LogP contribution in [0.2, 0.25) is 0 Å². The van der Waals surface area contributed by atoms with Crippen molar-refractivity contribution in [2.75, 3.05) is 21.3 Å². The Balaban J connectivity index is 2.27. The Labute approximate surface area is 154 Å². The van der Waals surface area contributed by atoms with Crippen molar-refractivity contribution in [3.63, 3.8) is 0 Å². The van der Waals surface area contributed by atoms with E-state index >= 15 is 0 Å². The van der Waals surface area contributed by atoms with Gasteiger partial charge in [-0.15, -0.1) is 0 Å². The zero-order valence-corrected chi connectivity index (χ0v) is 14.9. The standard InChI is InChI=1S/C18H17NO8/c1-24-15-4-5-16(25-2)13(9-15)10-27-18(21)12-6-11(17(20)26-3)7-14(8-12)19(22)23/h4-9H,10H2,1-3H3. The maximum Gasteiger partial charge on any atom is 0.338 e. The Bertz CT molecular complexity index is 878. The van der Waals surface area contributed by atoms with Crippen molar-refractivity contribution >= 4 is 17.6 Å². The van der Waals surface area contributed by atoms with Crippen LogP contribution in [0.3, 0.4) is 0 Å². The van der Waals surface area contributed by atoms with Crippen molar-refractivity contribution in [2.45, 2.75) is 6.61 Å². The predicted molar refractivity (Wildman–Crippen MR) is 93.1 cm³/mol. The van der Waals surface area contributed by atoms with Crippen molar-refractivity contribution in [2.24, 2.45) is 0 Å². The smallest absolute Gasteiger partial charge is 0.338 e. The van der Waals surface area contributed by atoms with Gasteiger partial charge in [0.1, 0.15) is 18.1 Å². The summed E-state index contributed by atoms with van der Waals surface area (Å²) in [5.41, 5.74) is -0.156. The molecule has 0 N–H and O–H groups in total. The fourth-order valence-corrected chi connectivity index (χ4v) is 2.29. The third-order valence-electron chi connectivity index (χ3n) is 3.63. The van der Waals surface area contributed by atoms with E-state index in [2.05, 4.69) is 4.74 Å². The first-order valence-electron chi connectivity index (χ1n) is 7.65. The Hall–Kier alpha value is -3.62. The van der Waals surface area contributed by atoms with Gasteiger partial charge in [-0.05, 0) is 24.3 Å². The number of nitro benzene ring substituents is 1. The van der Waals surface area contributed by atoms with Crippen LogP contribution in [-0.2, 0) is 16.1 Å². The van der Waals surface area contributed by atoms with Crippen LogP contribution < -0.4 is 9.47 Å². The van der Waals surface area contributed by atoms with Gasteiger partial charge in [0.25, 0.3) is 5.69 Å². The highest BCUT2D eigenvalue weighted by Gasteiger charge is 2.19. The molecular weight excluding hydrogens is 358 g/mol. The number of carbonyl (C=O) groups excluding carboxylic acids is 2. The topological polar surface area (TPSA) is 114 Å². The summed E-state index contributed by atoms with van der Waals surface area (Å²) in [7, 11) is 4.10. The first kappa shape index (κ1) is 19.7. The van der Waals surface area contributed by atoms with E-state index in [1.807, 2.05) is 0 Å². The van der Waals surface area contributed by atoms with Crippen molar-refractivity contribution in [3.8, 4) is 11.5 Å². The lowest BCUT2D eigenvalue weighted by Crippen LogP contribution is -2.10. The molecular formula is C18H17NO8. The highest BCUT2D eigenvalue weighted by atomic mass is 16.6. The molecule has 0 fully saturated rings. The van der Waals surface area contributed by atoms with E-state index in [1.165, 1.54) is 20.3 Å². The van der Waals surface area contributed by atoms with Gasteiger partial charge in [0.2, 0.25) is 0 Å². The first-order valence-corrected chi connectivity index (χ1v) is 7.65. The van der Waals surface area contributed by atoms with Crippen LogP contribution in [0.15, 0.2) is 36.4 Å². The monoisotopic (exact) mass is 375 g/mol. The number of non-ortho nitro benzene ring substituents is 1. The van der Waals surface area contributed by atoms with Crippen molar-refractivity contribution in [1.29, 1.82) is 0 Å². The van der Waals surface area contributed by atoms with Gasteiger partial charge in [-0.25, -0.2) is 9.59 Å². The number of methoxy groups -OCH3 is 3. The number of benzene rings is 2. The maximum absolute atomic E-state index is 12.3. The molecule has 0 aromatic heterocycles. The second kappa shape index (κ2) is 8.65. The van der Waals surface area contributed by atoms with E-state index in [-0.39, 0.29) is 17.7 Å². The first-order chi connectivity index (χ1) is 12.9. The normalized spacial score (nSPS) is 10.0. The summed E-state index contributed by atoms with van der Waals surface area (Å²) in [5.74, 6) is -0.612. The summed E-state index contributed by atoms with van der Waals surface area (Å²) in [5, 5.41) is 11.0. The molecule has 2 aromatic carbocycles. The van der Waals surface area contributed by atoms with E-state index in [1.54, 1.807) is 18.2 Å². The molecule has 0 aliphatic rings. The molecule has 0 aliphatic carbocycles. The fourth-order valence-electron chi connectivity index (χ4n) is 2.29. The number of hydrogen-bond acceptors (Lipinski definition) is 8. The molecule has 0 bridgehead atoms. The summed E-state index contributed by atoms with van der Waals surface area (Å²) < 4.78 is 20.1. The molecule has 9 heteroatoms. The van der Waals surface area contributed by atoms with E-state index < -0.39 is 22.5 Å². The highest BCUT2D eigenvalue weighted by Crippen LogP contribution is 2.25. The second-order valence-electron chi connectivity index (χ2n) is 5.27. The van der Waals surface area contributed by atoms with Gasteiger partial charge in [-0.3, -0.25) is 10.1 Å². The van der Waals surface area contributed by atoms with E-state index in [4.69, 9.17) is 14.2 Å². The zero-order valence-electron chi connectivity index (χ0n) is 14.9. The second-order valence-corrected chi connectivity index (χ2v) is 5.27. The van der Waals surface area contributed by atoms with Crippen molar-refractivity contribution in [1.82, 2.24) is 0 Å². The lowest BCUT2D eigenvalue weighted by molar-refractivity contribution is -0.384. The van der Waals surface area contributed by atoms with Gasteiger partial charge in [-0.2, -0.15) is 0 Å². The molecule has 2 rings (SSSR count). The Kier molecular flexibility index (Phi) is 6.32. The van der Waals surface area contributed by atoms with Gasteiger partial charge in [0.05, 0.1) is 37.4 Å². The fraction of sp³-hybridized carbons (Fsp3) is 0.222. The minimum atomic E-state index is -0.839. The third-order valence-corrected chi connectivity index (χ3v) is 3.63. The summed E-state index contributed by atoms with van der Waals surface area (Å²) >= 11 is 0. The van der Waals surface area contributed by atoms with Crippen LogP contribution >= 0.6 is 0 Å². The Morgan fingerprint density at radius 3 is 2.19 bits per heavy atom. The van der Waals surface area contributed by atoms with Crippen molar-refractivity contribution < 1.29 is 33.5 Å². The van der Waals surface area contributed by atoms with Crippen LogP contribution in [0, 0.1) is 10.1 Å². The minimum Gasteiger partial charge on any atom is -0.497 e. The molecule has 142 valence electrons. The third kappa shape index (κ3) is 4.72. The highest BCUT2D eigenvalue weighted by molar-refractivity contribution is 5.96. The zero-order chi connectivity index (χ0) is 20.0. The number of nitro groups is 1. The molecule has 0 heterocycles. The van der Waals surface area contributed by atoms with Crippen LogP contribution in [0.1, 0.15) is 26.3 Å². The van der Waals surface area contributed by atoms with E-state index in [0.717, 1.165) is 19.2 Å². The summed E-state index contributed by atoms with van der Waals surface area (Å²) in [6, 6.07) is 8.20. The van der Waals surface area contributed by atoms with Crippen LogP contribution in [0.25, 0.3) is 0 Å². The Morgan fingerprint density at radius 2 is 1.63 bits per heavy atom. The Morgan fingerprint density at radius 1 is 0.963 bits per heavy atom. The van der Waals surface area contributed by atoms with E-state index in [9.17, 15) is 19.7 Å². The molecule has 0 radical (unpaired) electrons. The van der Waals surface area contributed by atoms with Crippen LogP contribution in [-0.4, -0.2) is 38.2 Å². The summed E-state index contributed by atoms with van der Waals surface area (Å²) in [6.07, 6.45) is 0. The van der Waals surface area contributed by atoms with Gasteiger partial charge >= 0.3 is 11.9 Å². The summed E-state index contributed by atoms with van der Waals surface area (Å²) in [6.45, 7) is -0.157. The molecule has 0 atom stereocenters. The molecule has 2 aromatic rings. The van der Waals surface area contributed by atoms with Crippen LogP contribution in [0.5, 0.6) is 11.5 Å². The molecule has 0 saturated heterocycles. The maximum atomic E-state index is 12.3. The predicted octanol–water partition coefficient (Wildman–Crippen LogP) is 2.76. The van der Waals surface area contributed by atoms with E-state index in [0.29, 0.717) is 17.1 Å². The lowest BCUT2D eigenvalue weighted by Gasteiger charge is -2.11. The van der Waals surface area contributed by atoms with Crippen molar-refractivity contribution in [3.05, 3.63) is 63.2 Å². The lowest BCUT2D eigenvalue weighted by atomic mass is 10.1. The minimum absolute atomic E-state index is 0.127. The molecule has 0 unspecified atom stereocenters. The van der Waals surface area contributed by atoms with Gasteiger partial charge < -0.3 is 18.9 Å². The number of rotatable bonds is 7. The number of esters is 2. The molecule has 0 amide bonds. The largest absolute Gasteiger partial charge is 0.497 e. The number of hydrogen-bond donors (Lipinski definition) is 0. The summed E-state index contributed by atoms with van der Waals surface area (Å²) in [4.78, 5) is 34.3. The van der Waals surface area contributed by atoms with Gasteiger partial charge in [0.15, 0.2) is 0 Å². The molecule has 27 heavy (non-hydrogen) atoms. The molecule has 9 nitrogen and oxygen atoms in total. The molecule has 0 spiro atoms.